The quantitative estimate of drug-likeness (QED) is 0.857. The van der Waals surface area contributed by atoms with E-state index in [1.165, 1.54) is 11.0 Å². The van der Waals surface area contributed by atoms with Crippen LogP contribution in [0.15, 0.2) is 24.5 Å². The number of aromatic nitrogens is 1. The standard InChI is InChI=1S/C22H23F2N3O2/c1-3-20(28)26-22-16-11-25-10-15(13(16)5-6-17(22)23)14-8-12-4-7-21(29)27(2)19(12)9-18(14)24/h8-11,17,22H,3-7H2,1-2H3,(H,26,28). The lowest BCUT2D eigenvalue weighted by molar-refractivity contribution is -0.122. The highest BCUT2D eigenvalue weighted by Gasteiger charge is 2.33. The molecule has 2 aliphatic rings. The maximum atomic E-state index is 15.1. The van der Waals surface area contributed by atoms with Crippen molar-refractivity contribution in [3.05, 3.63) is 47.0 Å². The first-order valence-corrected chi connectivity index (χ1v) is 9.90. The van der Waals surface area contributed by atoms with Gasteiger partial charge in [-0.2, -0.15) is 0 Å². The van der Waals surface area contributed by atoms with E-state index in [1.807, 2.05) is 0 Å². The smallest absolute Gasteiger partial charge is 0.227 e. The van der Waals surface area contributed by atoms with Gasteiger partial charge in [0.2, 0.25) is 11.8 Å². The number of fused-ring (bicyclic) bond motifs is 2. The number of amides is 2. The third-order valence-electron chi connectivity index (χ3n) is 5.90. The molecule has 7 heteroatoms. The molecule has 0 radical (unpaired) electrons. The van der Waals surface area contributed by atoms with Crippen LogP contribution in [0.4, 0.5) is 14.5 Å². The van der Waals surface area contributed by atoms with Crippen molar-refractivity contribution in [2.45, 2.75) is 51.2 Å². The minimum atomic E-state index is -1.21. The molecule has 1 N–H and O–H groups in total. The second kappa shape index (κ2) is 7.54. The summed E-state index contributed by atoms with van der Waals surface area (Å²) in [6, 6.07) is 2.38. The number of carbonyl (C=O) groups excluding carboxylic acids is 2. The molecule has 0 fully saturated rings. The van der Waals surface area contributed by atoms with Crippen LogP contribution in [0.5, 0.6) is 0 Å². The van der Waals surface area contributed by atoms with Gasteiger partial charge in [0, 0.05) is 49.1 Å². The third kappa shape index (κ3) is 3.39. The van der Waals surface area contributed by atoms with Gasteiger partial charge in [-0.1, -0.05) is 6.92 Å². The van der Waals surface area contributed by atoms with Crippen LogP contribution in [-0.2, 0) is 22.4 Å². The van der Waals surface area contributed by atoms with Crippen molar-refractivity contribution in [1.82, 2.24) is 10.3 Å². The average Bonchev–Trinajstić information content (AvgIpc) is 2.72. The largest absolute Gasteiger partial charge is 0.346 e. The monoisotopic (exact) mass is 399 g/mol. The molecule has 1 aromatic heterocycles. The number of benzene rings is 1. The summed E-state index contributed by atoms with van der Waals surface area (Å²) in [5.41, 5.74) is 3.91. The molecule has 29 heavy (non-hydrogen) atoms. The van der Waals surface area contributed by atoms with Gasteiger partial charge in [-0.05, 0) is 48.1 Å². The summed E-state index contributed by atoms with van der Waals surface area (Å²) in [5.74, 6) is -0.715. The number of carbonyl (C=O) groups is 2. The highest BCUT2D eigenvalue weighted by Crippen LogP contribution is 2.40. The van der Waals surface area contributed by atoms with E-state index in [-0.39, 0.29) is 24.7 Å². The fourth-order valence-electron chi connectivity index (χ4n) is 4.24. The Morgan fingerprint density at radius 3 is 2.79 bits per heavy atom. The van der Waals surface area contributed by atoms with Gasteiger partial charge in [-0.25, -0.2) is 8.78 Å². The molecule has 2 amide bonds. The van der Waals surface area contributed by atoms with E-state index in [0.29, 0.717) is 41.6 Å². The molecular weight excluding hydrogens is 376 g/mol. The van der Waals surface area contributed by atoms with Crippen molar-refractivity contribution in [2.24, 2.45) is 0 Å². The zero-order valence-electron chi connectivity index (χ0n) is 16.5. The molecule has 0 bridgehead atoms. The number of alkyl halides is 1. The van der Waals surface area contributed by atoms with Crippen LogP contribution in [-0.4, -0.2) is 30.0 Å². The Kier molecular flexibility index (Phi) is 5.06. The first kappa shape index (κ1) is 19.5. The number of nitrogens with one attached hydrogen (secondary N) is 1. The Hall–Kier alpha value is -2.83. The Morgan fingerprint density at radius 1 is 1.24 bits per heavy atom. The summed E-state index contributed by atoms with van der Waals surface area (Å²) < 4.78 is 29.7. The maximum Gasteiger partial charge on any atom is 0.227 e. The number of halogens is 2. The topological polar surface area (TPSA) is 62.3 Å². The van der Waals surface area contributed by atoms with Crippen molar-refractivity contribution in [3.63, 3.8) is 0 Å². The molecule has 0 spiro atoms. The second-order valence-electron chi connectivity index (χ2n) is 7.62. The van der Waals surface area contributed by atoms with Gasteiger partial charge >= 0.3 is 0 Å². The summed E-state index contributed by atoms with van der Waals surface area (Å²) in [6.45, 7) is 1.71. The molecule has 152 valence electrons. The number of rotatable bonds is 3. The lowest BCUT2D eigenvalue weighted by Crippen LogP contribution is -2.37. The Labute approximate surface area is 168 Å². The molecule has 5 nitrogen and oxygen atoms in total. The predicted molar refractivity (Wildman–Crippen MR) is 106 cm³/mol. The minimum absolute atomic E-state index is 0.0353. The van der Waals surface area contributed by atoms with Crippen LogP contribution in [0.1, 0.15) is 48.9 Å². The van der Waals surface area contributed by atoms with Crippen molar-refractivity contribution in [3.8, 4) is 11.1 Å². The molecule has 2 aromatic rings. The SMILES string of the molecule is CCC(=O)NC1c2cncc(-c3cc4c(cc3F)N(C)C(=O)CC4)c2CCC1F. The summed E-state index contributed by atoms with van der Waals surface area (Å²) in [6.07, 6.45) is 3.85. The number of pyridine rings is 1. The van der Waals surface area contributed by atoms with E-state index in [9.17, 15) is 14.0 Å². The van der Waals surface area contributed by atoms with E-state index >= 15 is 4.39 Å². The lowest BCUT2D eigenvalue weighted by atomic mass is 9.83. The lowest BCUT2D eigenvalue weighted by Gasteiger charge is -2.31. The molecule has 1 aliphatic heterocycles. The molecule has 0 saturated carbocycles. The van der Waals surface area contributed by atoms with Crippen molar-refractivity contribution in [2.75, 3.05) is 11.9 Å². The van der Waals surface area contributed by atoms with Gasteiger partial charge in [-0.3, -0.25) is 14.6 Å². The Bertz CT molecular complexity index is 992. The van der Waals surface area contributed by atoms with Crippen LogP contribution in [0.2, 0.25) is 0 Å². The molecule has 1 aliphatic carbocycles. The van der Waals surface area contributed by atoms with Crippen molar-refractivity contribution < 1.29 is 18.4 Å². The van der Waals surface area contributed by atoms with Crippen LogP contribution >= 0.6 is 0 Å². The zero-order valence-corrected chi connectivity index (χ0v) is 16.5. The maximum absolute atomic E-state index is 15.1. The summed E-state index contributed by atoms with van der Waals surface area (Å²) >= 11 is 0. The van der Waals surface area contributed by atoms with Crippen molar-refractivity contribution in [1.29, 1.82) is 0 Å². The van der Waals surface area contributed by atoms with Crippen LogP contribution < -0.4 is 10.2 Å². The predicted octanol–water partition coefficient (Wildman–Crippen LogP) is 3.65. The summed E-state index contributed by atoms with van der Waals surface area (Å²) in [7, 11) is 1.65. The van der Waals surface area contributed by atoms with Gasteiger partial charge in [0.1, 0.15) is 12.0 Å². The van der Waals surface area contributed by atoms with E-state index < -0.39 is 18.0 Å². The van der Waals surface area contributed by atoms with Crippen molar-refractivity contribution >= 4 is 17.5 Å². The van der Waals surface area contributed by atoms with Gasteiger partial charge in [-0.15, -0.1) is 0 Å². The van der Waals surface area contributed by atoms with Crippen LogP contribution in [0, 0.1) is 5.82 Å². The van der Waals surface area contributed by atoms with E-state index in [4.69, 9.17) is 0 Å². The third-order valence-corrected chi connectivity index (χ3v) is 5.90. The fourth-order valence-corrected chi connectivity index (χ4v) is 4.24. The highest BCUT2D eigenvalue weighted by molar-refractivity contribution is 5.96. The van der Waals surface area contributed by atoms with Gasteiger partial charge in [0.15, 0.2) is 0 Å². The first-order chi connectivity index (χ1) is 13.9. The summed E-state index contributed by atoms with van der Waals surface area (Å²) in [4.78, 5) is 29.5. The summed E-state index contributed by atoms with van der Waals surface area (Å²) in [5, 5.41) is 2.74. The number of nitrogens with zero attached hydrogens (tertiary/aromatic N) is 2. The van der Waals surface area contributed by atoms with Gasteiger partial charge < -0.3 is 10.2 Å². The fraction of sp³-hybridized carbons (Fsp3) is 0.409. The number of hydrogen-bond donors (Lipinski definition) is 1. The molecule has 2 atom stereocenters. The Morgan fingerprint density at radius 2 is 2.03 bits per heavy atom. The van der Waals surface area contributed by atoms with Gasteiger partial charge in [0.05, 0.1) is 6.04 Å². The molecule has 2 unspecified atom stereocenters. The van der Waals surface area contributed by atoms with E-state index in [0.717, 1.165) is 11.1 Å². The normalized spacial score (nSPS) is 20.8. The zero-order chi connectivity index (χ0) is 20.7. The Balaban J connectivity index is 1.80. The molecule has 0 saturated heterocycles. The van der Waals surface area contributed by atoms with Crippen LogP contribution in [0.25, 0.3) is 11.1 Å². The highest BCUT2D eigenvalue weighted by atomic mass is 19.1. The molecular formula is C22H23F2N3O2. The number of aryl methyl sites for hydroxylation is 1. The number of hydrogen-bond acceptors (Lipinski definition) is 3. The average molecular weight is 399 g/mol. The first-order valence-electron chi connectivity index (χ1n) is 9.90. The molecule has 2 heterocycles. The van der Waals surface area contributed by atoms with Crippen LogP contribution in [0.3, 0.4) is 0 Å². The van der Waals surface area contributed by atoms with E-state index in [1.54, 1.807) is 32.4 Å². The number of anilines is 1. The molecule has 4 rings (SSSR count). The van der Waals surface area contributed by atoms with Gasteiger partial charge in [0.25, 0.3) is 0 Å². The molecule has 1 aromatic carbocycles. The van der Waals surface area contributed by atoms with E-state index in [2.05, 4.69) is 10.3 Å². The minimum Gasteiger partial charge on any atom is -0.346 e. The second-order valence-corrected chi connectivity index (χ2v) is 7.62.